The number of piperidine rings is 1. The Morgan fingerprint density at radius 2 is 1.59 bits per heavy atom. The third-order valence-electron chi connectivity index (χ3n) is 7.35. The number of carbonyl (C=O) groups is 1. The number of nitrogens with one attached hydrogen (secondary N) is 2. The lowest BCUT2D eigenvalue weighted by molar-refractivity contribution is -0.896. The van der Waals surface area contributed by atoms with Gasteiger partial charge in [-0.3, -0.25) is 4.79 Å². The van der Waals surface area contributed by atoms with Crippen LogP contribution in [0.1, 0.15) is 64.7 Å². The van der Waals surface area contributed by atoms with Crippen molar-refractivity contribution >= 4 is 5.91 Å². The van der Waals surface area contributed by atoms with Crippen LogP contribution in [0.3, 0.4) is 0 Å². The Morgan fingerprint density at radius 3 is 2.14 bits per heavy atom. The van der Waals surface area contributed by atoms with E-state index in [-0.39, 0.29) is 0 Å². The molecule has 0 spiro atoms. The minimum Gasteiger partial charge on any atom is -0.348 e. The number of quaternary nitrogens is 1. The van der Waals surface area contributed by atoms with Crippen molar-refractivity contribution in [2.24, 2.45) is 23.2 Å². The summed E-state index contributed by atoms with van der Waals surface area (Å²) < 4.78 is 0. The van der Waals surface area contributed by atoms with Crippen LogP contribution >= 0.6 is 0 Å². The zero-order valence-corrected chi connectivity index (χ0v) is 14.2. The van der Waals surface area contributed by atoms with Crippen LogP contribution in [0.2, 0.25) is 0 Å². The number of hydrogen-bond donors (Lipinski definition) is 2. The first-order chi connectivity index (χ1) is 10.6. The fourth-order valence-electron chi connectivity index (χ4n) is 6.61. The summed E-state index contributed by atoms with van der Waals surface area (Å²) in [7, 11) is 0. The first-order valence-electron chi connectivity index (χ1n) is 9.76. The highest BCUT2D eigenvalue weighted by Gasteiger charge is 2.53. The summed E-state index contributed by atoms with van der Waals surface area (Å²) in [6, 6.07) is 0.387. The van der Waals surface area contributed by atoms with E-state index in [1.807, 2.05) is 0 Å². The van der Waals surface area contributed by atoms with Gasteiger partial charge in [0.2, 0.25) is 0 Å². The maximum Gasteiger partial charge on any atom is 0.275 e. The molecule has 1 aliphatic heterocycles. The quantitative estimate of drug-likeness (QED) is 0.815. The first-order valence-corrected chi connectivity index (χ1v) is 9.76. The minimum absolute atomic E-state index is 0.306. The van der Waals surface area contributed by atoms with Gasteiger partial charge in [-0.2, -0.15) is 0 Å². The van der Waals surface area contributed by atoms with E-state index in [1.54, 1.807) is 0 Å². The van der Waals surface area contributed by atoms with Gasteiger partial charge >= 0.3 is 0 Å². The molecule has 5 rings (SSSR count). The highest BCUT2D eigenvalue weighted by molar-refractivity contribution is 5.77. The molecule has 3 nitrogen and oxygen atoms in total. The Labute approximate surface area is 135 Å². The largest absolute Gasteiger partial charge is 0.348 e. The molecular formula is C19H33N2O+. The van der Waals surface area contributed by atoms with Crippen LogP contribution in [0.5, 0.6) is 0 Å². The van der Waals surface area contributed by atoms with Gasteiger partial charge < -0.3 is 10.2 Å². The van der Waals surface area contributed by atoms with Crippen molar-refractivity contribution < 1.29 is 9.69 Å². The molecule has 4 bridgehead atoms. The fraction of sp³-hybridized carbons (Fsp3) is 0.947. The van der Waals surface area contributed by atoms with E-state index < -0.39 is 0 Å². The number of likely N-dealkylation sites (tertiary alicyclic amines) is 1. The van der Waals surface area contributed by atoms with E-state index in [4.69, 9.17) is 0 Å². The Kier molecular flexibility index (Phi) is 3.96. The second-order valence-corrected chi connectivity index (χ2v) is 9.06. The predicted molar refractivity (Wildman–Crippen MR) is 87.6 cm³/mol. The van der Waals surface area contributed by atoms with Crippen LogP contribution in [-0.4, -0.2) is 31.6 Å². The molecule has 2 N–H and O–H groups in total. The van der Waals surface area contributed by atoms with Gasteiger partial charge in [-0.15, -0.1) is 0 Å². The average molecular weight is 305 g/mol. The molecule has 1 heterocycles. The van der Waals surface area contributed by atoms with E-state index in [0.717, 1.165) is 17.8 Å². The van der Waals surface area contributed by atoms with Gasteiger partial charge in [-0.25, -0.2) is 0 Å². The molecule has 0 unspecified atom stereocenters. The molecule has 4 aliphatic carbocycles. The van der Waals surface area contributed by atoms with Crippen LogP contribution in [-0.2, 0) is 4.79 Å². The Bertz CT molecular complexity index is 392. The van der Waals surface area contributed by atoms with Crippen molar-refractivity contribution in [1.82, 2.24) is 5.32 Å². The molecule has 4 saturated carbocycles. The maximum absolute atomic E-state index is 12.5. The van der Waals surface area contributed by atoms with Crippen molar-refractivity contribution in [3.05, 3.63) is 0 Å². The smallest absolute Gasteiger partial charge is 0.275 e. The van der Waals surface area contributed by atoms with Crippen molar-refractivity contribution in [2.75, 3.05) is 19.6 Å². The lowest BCUT2D eigenvalue weighted by atomic mass is 9.48. The second kappa shape index (κ2) is 5.81. The lowest BCUT2D eigenvalue weighted by Gasteiger charge is -2.59. The predicted octanol–water partition coefficient (Wildman–Crippen LogP) is 1.78. The van der Waals surface area contributed by atoms with Gasteiger partial charge in [-0.05, 0) is 87.9 Å². The molecule has 5 aliphatic rings. The van der Waals surface area contributed by atoms with Gasteiger partial charge in [0.1, 0.15) is 0 Å². The Hall–Kier alpha value is -0.570. The zero-order chi connectivity index (χ0) is 15.2. The van der Waals surface area contributed by atoms with Gasteiger partial charge in [0.25, 0.3) is 5.91 Å². The molecule has 22 heavy (non-hydrogen) atoms. The summed E-state index contributed by atoms with van der Waals surface area (Å²) in [5.74, 6) is 3.22. The molecule has 124 valence electrons. The topological polar surface area (TPSA) is 33.5 Å². The summed E-state index contributed by atoms with van der Waals surface area (Å²) in [5, 5.41) is 3.42. The molecule has 0 aromatic rings. The first kappa shape index (κ1) is 15.0. The molecule has 1 amide bonds. The monoisotopic (exact) mass is 305 g/mol. The van der Waals surface area contributed by atoms with Crippen LogP contribution < -0.4 is 10.2 Å². The number of amides is 1. The highest BCUT2D eigenvalue weighted by atomic mass is 16.2. The van der Waals surface area contributed by atoms with Gasteiger partial charge in [-0.1, -0.05) is 0 Å². The summed E-state index contributed by atoms with van der Waals surface area (Å²) in [6.07, 6.45) is 12.6. The van der Waals surface area contributed by atoms with E-state index in [1.165, 1.54) is 75.8 Å². The molecule has 0 aromatic carbocycles. The van der Waals surface area contributed by atoms with Crippen molar-refractivity contribution in [2.45, 2.75) is 70.8 Å². The second-order valence-electron chi connectivity index (χ2n) is 9.06. The summed E-state index contributed by atoms with van der Waals surface area (Å²) in [5.41, 5.74) is 0.446. The van der Waals surface area contributed by atoms with Gasteiger partial charge in [0.05, 0.1) is 13.1 Å². The number of carbonyl (C=O) groups excluding carboxylic acids is 1. The number of hydrogen-bond acceptors (Lipinski definition) is 1. The van der Waals surface area contributed by atoms with Gasteiger partial charge in [0.15, 0.2) is 6.54 Å². The minimum atomic E-state index is 0.306. The summed E-state index contributed by atoms with van der Waals surface area (Å²) in [6.45, 7) is 5.39. The van der Waals surface area contributed by atoms with Crippen molar-refractivity contribution in [1.29, 1.82) is 0 Å². The van der Waals surface area contributed by atoms with Crippen molar-refractivity contribution in [3.8, 4) is 0 Å². The average Bonchev–Trinajstić information content (AvgIpc) is 2.46. The summed E-state index contributed by atoms with van der Waals surface area (Å²) in [4.78, 5) is 14.0. The maximum atomic E-state index is 12.5. The molecule has 5 fully saturated rings. The van der Waals surface area contributed by atoms with E-state index in [9.17, 15) is 4.79 Å². The lowest BCUT2D eigenvalue weighted by Crippen LogP contribution is -3.14. The Morgan fingerprint density at radius 1 is 1.05 bits per heavy atom. The fourth-order valence-corrected chi connectivity index (χ4v) is 6.61. The SMILES string of the molecule is C[C@H](NC(=O)C[NH+]1CCCCC1)C12CC3CC(CC(C3)C1)C2. The van der Waals surface area contributed by atoms with E-state index in [0.29, 0.717) is 23.9 Å². The standard InChI is InChI=1S/C19H32N2O/c1-14(20-18(22)13-21-5-3-2-4-6-21)19-10-15-7-16(11-19)9-17(8-15)12-19/h14-17H,2-13H2,1H3,(H,20,22)/p+1/t14-,15?,16?,17?,19?/m0/s1. The highest BCUT2D eigenvalue weighted by Crippen LogP contribution is 2.61. The van der Waals surface area contributed by atoms with Gasteiger partial charge in [0, 0.05) is 6.04 Å². The van der Waals surface area contributed by atoms with Crippen LogP contribution in [0.25, 0.3) is 0 Å². The zero-order valence-electron chi connectivity index (χ0n) is 14.2. The van der Waals surface area contributed by atoms with Crippen LogP contribution in [0.4, 0.5) is 0 Å². The molecular weight excluding hydrogens is 272 g/mol. The van der Waals surface area contributed by atoms with Crippen molar-refractivity contribution in [3.63, 3.8) is 0 Å². The Balaban J connectivity index is 1.35. The third-order valence-corrected chi connectivity index (χ3v) is 7.35. The molecule has 3 heteroatoms. The normalized spacial score (nSPS) is 42.3. The van der Waals surface area contributed by atoms with Crippen LogP contribution in [0.15, 0.2) is 0 Å². The third kappa shape index (κ3) is 2.81. The summed E-state index contributed by atoms with van der Waals surface area (Å²) >= 11 is 0. The number of rotatable bonds is 4. The molecule has 0 aromatic heterocycles. The molecule has 0 radical (unpaired) electrons. The van der Waals surface area contributed by atoms with E-state index in [2.05, 4.69) is 12.2 Å². The van der Waals surface area contributed by atoms with Crippen LogP contribution in [0, 0.1) is 23.2 Å². The van der Waals surface area contributed by atoms with E-state index >= 15 is 0 Å². The molecule has 1 saturated heterocycles. The molecule has 1 atom stereocenters.